The van der Waals surface area contributed by atoms with Crippen molar-refractivity contribution in [3.8, 4) is 0 Å². The van der Waals surface area contributed by atoms with E-state index in [9.17, 15) is 24.1 Å². The molecule has 0 unspecified atom stereocenters. The predicted molar refractivity (Wildman–Crippen MR) is 88.9 cm³/mol. The van der Waals surface area contributed by atoms with Gasteiger partial charge in [-0.3, -0.25) is 19.7 Å². The molecule has 10 heteroatoms. The average molecular weight is 365 g/mol. The van der Waals surface area contributed by atoms with Crippen molar-refractivity contribution in [2.75, 3.05) is 5.32 Å². The Kier molecular flexibility index (Phi) is 5.75. The number of hydrazone groups is 1. The second-order valence-electron chi connectivity index (χ2n) is 4.63. The number of hydrogen-bond acceptors (Lipinski definition) is 5. The Hall–Kier alpha value is -3.33. The van der Waals surface area contributed by atoms with Crippen LogP contribution in [0.15, 0.2) is 47.6 Å². The topological polar surface area (TPSA) is 114 Å². The highest BCUT2D eigenvalue weighted by Gasteiger charge is 2.13. The molecule has 2 aromatic carbocycles. The second-order valence-corrected chi connectivity index (χ2v) is 5.04. The summed E-state index contributed by atoms with van der Waals surface area (Å²) in [6, 6.07) is 8.69. The molecule has 2 amide bonds. The van der Waals surface area contributed by atoms with Crippen LogP contribution in [0.2, 0.25) is 5.02 Å². The fourth-order valence-corrected chi connectivity index (χ4v) is 1.95. The zero-order valence-corrected chi connectivity index (χ0v) is 13.2. The van der Waals surface area contributed by atoms with E-state index in [0.29, 0.717) is 5.56 Å². The number of halogens is 2. The minimum Gasteiger partial charge on any atom is -0.318 e. The maximum absolute atomic E-state index is 12.8. The van der Waals surface area contributed by atoms with Crippen LogP contribution >= 0.6 is 11.6 Å². The average Bonchev–Trinajstić information content (AvgIpc) is 2.56. The Morgan fingerprint density at radius 2 is 1.84 bits per heavy atom. The highest BCUT2D eigenvalue weighted by atomic mass is 35.5. The van der Waals surface area contributed by atoms with Gasteiger partial charge in [0.05, 0.1) is 11.1 Å². The third kappa shape index (κ3) is 5.08. The number of carbonyl (C=O) groups excluding carboxylic acids is 2. The fourth-order valence-electron chi connectivity index (χ4n) is 1.69. The van der Waals surface area contributed by atoms with Crippen molar-refractivity contribution >= 4 is 41.0 Å². The Morgan fingerprint density at radius 3 is 2.44 bits per heavy atom. The van der Waals surface area contributed by atoms with Crippen molar-refractivity contribution in [1.82, 2.24) is 5.43 Å². The minimum atomic E-state index is -1.05. The number of nitrogens with zero attached hydrogens (tertiary/aromatic N) is 2. The lowest BCUT2D eigenvalue weighted by molar-refractivity contribution is -0.384. The van der Waals surface area contributed by atoms with Crippen molar-refractivity contribution in [1.29, 1.82) is 0 Å². The summed E-state index contributed by atoms with van der Waals surface area (Å²) >= 11 is 5.74. The molecule has 0 aliphatic heterocycles. The lowest BCUT2D eigenvalue weighted by Crippen LogP contribution is -2.32. The molecule has 0 radical (unpaired) electrons. The van der Waals surface area contributed by atoms with Gasteiger partial charge < -0.3 is 5.32 Å². The first-order chi connectivity index (χ1) is 11.9. The maximum Gasteiger partial charge on any atom is 0.329 e. The first-order valence-electron chi connectivity index (χ1n) is 6.70. The zero-order chi connectivity index (χ0) is 18.4. The molecular weight excluding hydrogens is 355 g/mol. The molecule has 2 rings (SSSR count). The fraction of sp³-hybridized carbons (Fsp3) is 0. The molecule has 0 heterocycles. The van der Waals surface area contributed by atoms with Crippen LogP contribution in [0, 0.1) is 15.9 Å². The first-order valence-corrected chi connectivity index (χ1v) is 7.08. The van der Waals surface area contributed by atoms with E-state index >= 15 is 0 Å². The largest absolute Gasteiger partial charge is 0.329 e. The number of rotatable bonds is 4. The second kappa shape index (κ2) is 7.97. The van der Waals surface area contributed by atoms with Crippen LogP contribution < -0.4 is 10.7 Å². The summed E-state index contributed by atoms with van der Waals surface area (Å²) in [5.41, 5.74) is 2.35. The van der Waals surface area contributed by atoms with E-state index in [1.54, 1.807) is 0 Å². The monoisotopic (exact) mass is 364 g/mol. The molecule has 25 heavy (non-hydrogen) atoms. The van der Waals surface area contributed by atoms with E-state index in [1.165, 1.54) is 36.5 Å². The van der Waals surface area contributed by atoms with Gasteiger partial charge in [-0.2, -0.15) is 5.10 Å². The van der Waals surface area contributed by atoms with Gasteiger partial charge in [0, 0.05) is 11.8 Å². The molecule has 0 saturated carbocycles. The smallest absolute Gasteiger partial charge is 0.318 e. The van der Waals surface area contributed by atoms with E-state index in [4.69, 9.17) is 11.6 Å². The van der Waals surface area contributed by atoms with Crippen LogP contribution in [0.3, 0.4) is 0 Å². The molecule has 0 atom stereocenters. The molecular formula is C15H10ClFN4O4. The Morgan fingerprint density at radius 1 is 1.16 bits per heavy atom. The SMILES string of the molecule is O=C(NN=Cc1ccc([N+](=O)[O-])c(Cl)c1)C(=O)Nc1ccc(F)cc1. The van der Waals surface area contributed by atoms with Crippen LogP contribution in [0.25, 0.3) is 0 Å². The number of hydrogen-bond donors (Lipinski definition) is 2. The van der Waals surface area contributed by atoms with Crippen LogP contribution in [0.5, 0.6) is 0 Å². The Bertz CT molecular complexity index is 855. The van der Waals surface area contributed by atoms with E-state index in [1.807, 2.05) is 5.43 Å². The molecule has 0 aromatic heterocycles. The van der Waals surface area contributed by atoms with Crippen molar-refractivity contribution in [3.05, 3.63) is 69.0 Å². The molecule has 2 aromatic rings. The van der Waals surface area contributed by atoms with Gasteiger partial charge in [-0.05, 0) is 42.0 Å². The lowest BCUT2D eigenvalue weighted by Gasteiger charge is -2.03. The summed E-state index contributed by atoms with van der Waals surface area (Å²) in [5.74, 6) is -2.52. The molecule has 0 aliphatic carbocycles. The Labute approximate surface area is 145 Å². The minimum absolute atomic E-state index is 0.0886. The number of anilines is 1. The number of nitrogens with one attached hydrogen (secondary N) is 2. The molecule has 0 fully saturated rings. The molecule has 2 N–H and O–H groups in total. The highest BCUT2D eigenvalue weighted by molar-refractivity contribution is 6.39. The third-order valence-electron chi connectivity index (χ3n) is 2.86. The Balaban J connectivity index is 1.93. The van der Waals surface area contributed by atoms with Crippen LogP contribution in [-0.4, -0.2) is 23.0 Å². The molecule has 128 valence electrons. The van der Waals surface area contributed by atoms with Crippen LogP contribution in [-0.2, 0) is 9.59 Å². The van der Waals surface area contributed by atoms with Crippen molar-refractivity contribution in [2.45, 2.75) is 0 Å². The van der Waals surface area contributed by atoms with Crippen LogP contribution in [0.4, 0.5) is 15.8 Å². The third-order valence-corrected chi connectivity index (χ3v) is 3.16. The highest BCUT2D eigenvalue weighted by Crippen LogP contribution is 2.24. The van der Waals surface area contributed by atoms with Gasteiger partial charge in [0.1, 0.15) is 10.8 Å². The summed E-state index contributed by atoms with van der Waals surface area (Å²) in [6.45, 7) is 0. The summed E-state index contributed by atoms with van der Waals surface area (Å²) in [4.78, 5) is 33.2. The molecule has 0 spiro atoms. The van der Waals surface area contributed by atoms with Gasteiger partial charge in [-0.25, -0.2) is 9.82 Å². The first kappa shape index (κ1) is 18.0. The standard InChI is InChI=1S/C15H10ClFN4O4/c16-12-7-9(1-6-13(12)21(24)25)8-18-20-15(23)14(22)19-11-4-2-10(17)3-5-11/h1-8H,(H,19,22)(H,20,23). The van der Waals surface area contributed by atoms with Gasteiger partial charge >= 0.3 is 11.8 Å². The summed E-state index contributed by atoms with van der Waals surface area (Å²) in [7, 11) is 0. The van der Waals surface area contributed by atoms with E-state index in [-0.39, 0.29) is 16.4 Å². The summed E-state index contributed by atoms with van der Waals surface area (Å²) in [5, 5.41) is 16.4. The normalized spacial score (nSPS) is 10.5. The predicted octanol–water partition coefficient (Wildman–Crippen LogP) is 2.48. The molecule has 0 bridgehead atoms. The molecule has 0 aliphatic rings. The van der Waals surface area contributed by atoms with Crippen molar-refractivity contribution < 1.29 is 18.9 Å². The van der Waals surface area contributed by atoms with Gasteiger partial charge in [-0.1, -0.05) is 11.6 Å². The summed E-state index contributed by atoms with van der Waals surface area (Å²) < 4.78 is 12.8. The van der Waals surface area contributed by atoms with Crippen molar-refractivity contribution in [3.63, 3.8) is 0 Å². The summed E-state index contributed by atoms with van der Waals surface area (Å²) in [6.07, 6.45) is 1.17. The quantitative estimate of drug-likeness (QED) is 0.375. The van der Waals surface area contributed by atoms with Gasteiger partial charge in [0.15, 0.2) is 0 Å². The van der Waals surface area contributed by atoms with Gasteiger partial charge in [-0.15, -0.1) is 0 Å². The number of benzene rings is 2. The van der Waals surface area contributed by atoms with Gasteiger partial charge in [0.2, 0.25) is 0 Å². The molecule has 0 saturated heterocycles. The number of nitro groups is 1. The van der Waals surface area contributed by atoms with E-state index in [2.05, 4.69) is 10.4 Å². The maximum atomic E-state index is 12.8. The van der Waals surface area contributed by atoms with Gasteiger partial charge in [0.25, 0.3) is 5.69 Å². The van der Waals surface area contributed by atoms with E-state index in [0.717, 1.165) is 12.1 Å². The number of nitro benzene ring substituents is 1. The lowest BCUT2D eigenvalue weighted by atomic mass is 10.2. The van der Waals surface area contributed by atoms with Crippen molar-refractivity contribution in [2.24, 2.45) is 5.10 Å². The van der Waals surface area contributed by atoms with E-state index < -0.39 is 22.6 Å². The van der Waals surface area contributed by atoms with Crippen LogP contribution in [0.1, 0.15) is 5.56 Å². The number of amides is 2. The molecule has 8 nitrogen and oxygen atoms in total. The zero-order valence-electron chi connectivity index (χ0n) is 12.4. The number of carbonyl (C=O) groups is 2.